The summed E-state index contributed by atoms with van der Waals surface area (Å²) in [5, 5.41) is 4.59. The van der Waals surface area contributed by atoms with E-state index in [1.54, 1.807) is 18.2 Å². The minimum Gasteiger partial charge on any atom is -0.481 e. The number of carbonyl (C=O) groups excluding carboxylic acids is 1. The van der Waals surface area contributed by atoms with Gasteiger partial charge in [-0.2, -0.15) is 4.98 Å². The molecule has 1 amide bonds. The summed E-state index contributed by atoms with van der Waals surface area (Å²) >= 11 is 0. The lowest BCUT2D eigenvalue weighted by Gasteiger charge is -2.32. The molecule has 4 aromatic rings. The lowest BCUT2D eigenvalue weighted by molar-refractivity contribution is -0.107. The van der Waals surface area contributed by atoms with Crippen molar-refractivity contribution in [1.29, 1.82) is 0 Å². The summed E-state index contributed by atoms with van der Waals surface area (Å²) in [6.45, 7) is 9.56. The van der Waals surface area contributed by atoms with Crippen LogP contribution in [0, 0.1) is 0 Å². The Morgan fingerprint density at radius 1 is 0.947 bits per heavy atom. The molecule has 1 atom stereocenters. The molecule has 6 rings (SSSR count). The maximum Gasteiger partial charge on any atom is 0.229 e. The molecule has 1 aromatic carbocycles. The molecule has 2 aliphatic rings. The molecule has 0 spiro atoms. The number of aryl methyl sites for hydroxylation is 1. The number of methoxy groups -OCH3 is 1. The molecule has 310 valence electrons. The average molecular weight is 781 g/mol. The number of unbranched alkanes of at least 4 members (excludes halogenated alkanes) is 3. The van der Waals surface area contributed by atoms with Gasteiger partial charge in [0, 0.05) is 75.1 Å². The van der Waals surface area contributed by atoms with Crippen LogP contribution in [-0.4, -0.2) is 90.9 Å². The average Bonchev–Trinajstić information content (AvgIpc) is 3.63. The maximum absolute atomic E-state index is 11.7. The van der Waals surface area contributed by atoms with Crippen LogP contribution < -0.4 is 19.9 Å². The summed E-state index contributed by atoms with van der Waals surface area (Å²) in [7, 11) is 5.61. The Labute approximate surface area is 341 Å². The number of nitrogens with one attached hydrogen (secondary N) is 1. The molecule has 1 saturated carbocycles. The molecule has 1 aliphatic heterocycles. The maximum atomic E-state index is 11.7. The number of anilines is 4. The van der Waals surface area contributed by atoms with Crippen LogP contribution in [0.4, 0.5) is 23.0 Å². The molecule has 0 bridgehead atoms. The van der Waals surface area contributed by atoms with Gasteiger partial charge in [-0.15, -0.1) is 0 Å². The summed E-state index contributed by atoms with van der Waals surface area (Å²) < 4.78 is 13.8. The van der Waals surface area contributed by atoms with Crippen LogP contribution in [0.15, 0.2) is 48.9 Å². The fourth-order valence-electron chi connectivity index (χ4n) is 8.83. The van der Waals surface area contributed by atoms with Crippen molar-refractivity contribution in [1.82, 2.24) is 24.4 Å². The van der Waals surface area contributed by atoms with Crippen LogP contribution in [0.1, 0.15) is 127 Å². The molecule has 0 radical (unpaired) electrons. The number of hydrogen-bond donors (Lipinski definition) is 1. The Morgan fingerprint density at radius 3 is 2.49 bits per heavy atom. The second-order valence-electron chi connectivity index (χ2n) is 16.5. The standard InChI is InChI=1S/C46H68N8O3/c1-6-15-35(2)52(4)42-20-19-36(30-43(42)51(3)34-55)16-9-8-13-28-57-29-14-12-25-53-26-22-37(23-27-53)41-33-54(39-17-10-7-11-18-39)45-40(41)32-48-46(50-45)49-38-21-24-47-44(31-38)56-5/h19-21,24,30-35,37,39H,6-18,22-23,25-29H2,1-5H3,(H,47,48,49,50). The fourth-order valence-corrected chi connectivity index (χ4v) is 8.83. The van der Waals surface area contributed by atoms with E-state index in [2.05, 4.69) is 70.0 Å². The van der Waals surface area contributed by atoms with E-state index in [1.165, 1.54) is 67.9 Å². The zero-order chi connectivity index (χ0) is 40.0. The Hall–Kier alpha value is -4.22. The molecular weight excluding hydrogens is 713 g/mol. The molecule has 1 saturated heterocycles. The number of piperidine rings is 1. The summed E-state index contributed by atoms with van der Waals surface area (Å²) in [6.07, 6.45) is 24.7. The predicted molar refractivity (Wildman–Crippen MR) is 233 cm³/mol. The van der Waals surface area contributed by atoms with Gasteiger partial charge in [0.15, 0.2) is 0 Å². The van der Waals surface area contributed by atoms with Gasteiger partial charge >= 0.3 is 0 Å². The Balaban J connectivity index is 0.903. The van der Waals surface area contributed by atoms with Crippen molar-refractivity contribution < 1.29 is 14.3 Å². The number of ether oxygens (including phenoxy) is 2. The largest absolute Gasteiger partial charge is 0.481 e. The van der Waals surface area contributed by atoms with Crippen molar-refractivity contribution in [3.63, 3.8) is 0 Å². The number of likely N-dealkylation sites (tertiary alicyclic amines) is 1. The van der Waals surface area contributed by atoms with E-state index in [1.807, 2.05) is 25.4 Å². The smallest absolute Gasteiger partial charge is 0.229 e. The van der Waals surface area contributed by atoms with Gasteiger partial charge in [0.2, 0.25) is 18.2 Å². The predicted octanol–water partition coefficient (Wildman–Crippen LogP) is 9.69. The van der Waals surface area contributed by atoms with Crippen LogP contribution in [0.2, 0.25) is 0 Å². The van der Waals surface area contributed by atoms with Gasteiger partial charge in [-0.05, 0) is 126 Å². The molecule has 11 nitrogen and oxygen atoms in total. The van der Waals surface area contributed by atoms with Gasteiger partial charge < -0.3 is 34.1 Å². The second kappa shape index (κ2) is 21.5. The van der Waals surface area contributed by atoms with E-state index >= 15 is 0 Å². The molecule has 1 N–H and O–H groups in total. The van der Waals surface area contributed by atoms with Crippen LogP contribution in [0.3, 0.4) is 0 Å². The molecule has 1 aliphatic carbocycles. The highest BCUT2D eigenvalue weighted by molar-refractivity contribution is 5.84. The first-order valence-corrected chi connectivity index (χ1v) is 21.9. The number of aromatic nitrogens is 4. The number of rotatable bonds is 22. The summed E-state index contributed by atoms with van der Waals surface area (Å²) in [6, 6.07) is 11.3. The highest BCUT2D eigenvalue weighted by Crippen LogP contribution is 2.39. The third-order valence-electron chi connectivity index (χ3n) is 12.4. The van der Waals surface area contributed by atoms with Gasteiger partial charge in [-0.25, -0.2) is 9.97 Å². The van der Waals surface area contributed by atoms with E-state index < -0.39 is 0 Å². The SMILES string of the molecule is CCCC(C)N(C)c1ccc(CCCCCOCCCCN2CCC(c3cn(C4CCCCC4)c4nc(Nc5ccnc(OC)c5)ncc34)CC2)cc1N(C)C=O. The van der Waals surface area contributed by atoms with E-state index in [0.717, 1.165) is 107 Å². The lowest BCUT2D eigenvalue weighted by atomic mass is 9.89. The highest BCUT2D eigenvalue weighted by atomic mass is 16.5. The fraction of sp³-hybridized carbons (Fsp3) is 0.609. The zero-order valence-electron chi connectivity index (χ0n) is 35.4. The number of benzene rings is 1. The van der Waals surface area contributed by atoms with Gasteiger partial charge in [0.25, 0.3) is 0 Å². The Morgan fingerprint density at radius 2 is 1.74 bits per heavy atom. The van der Waals surface area contributed by atoms with Gasteiger partial charge in [0.05, 0.1) is 18.5 Å². The molecule has 1 unspecified atom stereocenters. The summed E-state index contributed by atoms with van der Waals surface area (Å²) in [5.74, 6) is 1.70. The summed E-state index contributed by atoms with van der Waals surface area (Å²) in [5.41, 5.74) is 6.73. The van der Waals surface area contributed by atoms with Crippen LogP contribution in [-0.2, 0) is 16.0 Å². The van der Waals surface area contributed by atoms with Gasteiger partial charge in [0.1, 0.15) is 5.65 Å². The molecule has 2 fully saturated rings. The van der Waals surface area contributed by atoms with Crippen LogP contribution in [0.5, 0.6) is 5.88 Å². The number of fused-ring (bicyclic) bond motifs is 1. The third kappa shape index (κ3) is 11.5. The molecule has 3 aromatic heterocycles. The van der Waals surface area contributed by atoms with E-state index in [4.69, 9.17) is 19.4 Å². The van der Waals surface area contributed by atoms with Gasteiger partial charge in [-0.3, -0.25) is 4.79 Å². The van der Waals surface area contributed by atoms with Crippen LogP contribution in [0.25, 0.3) is 11.0 Å². The van der Waals surface area contributed by atoms with E-state index in [9.17, 15) is 4.79 Å². The van der Waals surface area contributed by atoms with E-state index in [-0.39, 0.29) is 0 Å². The molecule has 57 heavy (non-hydrogen) atoms. The normalized spacial score (nSPS) is 16.2. The number of carbonyl (C=O) groups is 1. The van der Waals surface area contributed by atoms with Crippen molar-refractivity contribution in [2.45, 2.75) is 128 Å². The highest BCUT2D eigenvalue weighted by Gasteiger charge is 2.27. The van der Waals surface area contributed by atoms with Crippen molar-refractivity contribution in [2.24, 2.45) is 0 Å². The molecule has 11 heteroatoms. The third-order valence-corrected chi connectivity index (χ3v) is 12.4. The molecule has 4 heterocycles. The quantitative estimate of drug-likeness (QED) is 0.0617. The van der Waals surface area contributed by atoms with Crippen molar-refractivity contribution in [2.75, 3.05) is 69.2 Å². The van der Waals surface area contributed by atoms with Crippen molar-refractivity contribution in [3.8, 4) is 5.88 Å². The minimum atomic E-state index is 0.425. The van der Waals surface area contributed by atoms with E-state index in [0.29, 0.717) is 29.8 Å². The number of pyridine rings is 1. The van der Waals surface area contributed by atoms with Crippen LogP contribution >= 0.6 is 0 Å². The Kier molecular flexibility index (Phi) is 16.0. The number of amides is 1. The number of hydrogen-bond acceptors (Lipinski definition) is 9. The monoisotopic (exact) mass is 781 g/mol. The first-order valence-electron chi connectivity index (χ1n) is 21.9. The first kappa shape index (κ1) is 42.4. The minimum absolute atomic E-state index is 0.425. The number of nitrogens with zero attached hydrogens (tertiary/aromatic N) is 7. The van der Waals surface area contributed by atoms with Crippen molar-refractivity contribution in [3.05, 3.63) is 60.0 Å². The Bertz CT molecular complexity index is 1830. The molecular formula is C46H68N8O3. The van der Waals surface area contributed by atoms with Gasteiger partial charge in [-0.1, -0.05) is 45.1 Å². The summed E-state index contributed by atoms with van der Waals surface area (Å²) in [4.78, 5) is 32.4. The van der Waals surface area contributed by atoms with Crippen molar-refractivity contribution >= 4 is 40.5 Å². The topological polar surface area (TPSA) is 101 Å². The lowest BCUT2D eigenvalue weighted by Crippen LogP contribution is -2.33. The second-order valence-corrected chi connectivity index (χ2v) is 16.5. The zero-order valence-corrected chi connectivity index (χ0v) is 35.4. The first-order chi connectivity index (χ1) is 27.9.